The number of aromatic nitrogens is 1. The molecule has 116 valence electrons. The lowest BCUT2D eigenvalue weighted by Crippen LogP contribution is -2.55. The van der Waals surface area contributed by atoms with E-state index in [0.29, 0.717) is 0 Å². The van der Waals surface area contributed by atoms with Crippen molar-refractivity contribution in [3.63, 3.8) is 0 Å². The number of halogens is 5. The molecule has 0 saturated heterocycles. The minimum atomic E-state index is -5.04. The summed E-state index contributed by atoms with van der Waals surface area (Å²) in [5.41, 5.74) is 7.55. The third-order valence-corrected chi connectivity index (χ3v) is 3.06. The molecule has 0 aliphatic carbocycles. The Labute approximate surface area is 115 Å². The average Bonchev–Trinajstić information content (AvgIpc) is 2.35. The van der Waals surface area contributed by atoms with Gasteiger partial charge in [-0.3, -0.25) is 0 Å². The van der Waals surface area contributed by atoms with Crippen molar-refractivity contribution < 1.29 is 26.7 Å². The van der Waals surface area contributed by atoms with Crippen LogP contribution < -0.4 is 11.5 Å². The molecule has 0 bridgehead atoms. The van der Waals surface area contributed by atoms with Crippen LogP contribution in [-0.2, 0) is 10.3 Å². The number of hydrogen-bond acceptors (Lipinski definition) is 5. The molecular weight excluding hydrogens is 299 g/mol. The van der Waals surface area contributed by atoms with Gasteiger partial charge in [-0.2, -0.15) is 13.2 Å². The maximum atomic E-state index is 14.3. The molecule has 1 aliphatic heterocycles. The molecule has 0 aromatic carbocycles. The highest BCUT2D eigenvalue weighted by Crippen LogP contribution is 2.42. The summed E-state index contributed by atoms with van der Waals surface area (Å²) in [7, 11) is 0. The number of nitrogen functional groups attached to an aromatic ring is 1. The quantitative estimate of drug-likeness (QED) is 0.772. The highest BCUT2D eigenvalue weighted by atomic mass is 19.4. The summed E-state index contributed by atoms with van der Waals surface area (Å²) in [6, 6.07) is 1.04. The number of nitrogens with two attached hydrogens (primary N) is 2. The molecule has 0 unspecified atom stereocenters. The summed E-state index contributed by atoms with van der Waals surface area (Å²) < 4.78 is 70.7. The van der Waals surface area contributed by atoms with E-state index in [1.165, 1.54) is 0 Å². The van der Waals surface area contributed by atoms with Crippen LogP contribution >= 0.6 is 0 Å². The third kappa shape index (κ3) is 2.57. The van der Waals surface area contributed by atoms with Crippen molar-refractivity contribution >= 4 is 11.8 Å². The van der Waals surface area contributed by atoms with E-state index < -0.39 is 41.5 Å². The molecule has 0 spiro atoms. The maximum absolute atomic E-state index is 14.3. The highest BCUT2D eigenvalue weighted by Gasteiger charge is 2.58. The van der Waals surface area contributed by atoms with Crippen molar-refractivity contribution in [2.75, 3.05) is 5.73 Å². The highest BCUT2D eigenvalue weighted by molar-refractivity contribution is 5.73. The van der Waals surface area contributed by atoms with E-state index in [4.69, 9.17) is 11.5 Å². The van der Waals surface area contributed by atoms with Gasteiger partial charge in [0.1, 0.15) is 22.9 Å². The fourth-order valence-corrected chi connectivity index (χ4v) is 2.03. The van der Waals surface area contributed by atoms with Gasteiger partial charge in [0, 0.05) is 0 Å². The van der Waals surface area contributed by atoms with Crippen molar-refractivity contribution in [3.8, 4) is 0 Å². The van der Waals surface area contributed by atoms with E-state index in [1.54, 1.807) is 0 Å². The Balaban J connectivity index is 2.58. The summed E-state index contributed by atoms with van der Waals surface area (Å²) in [5, 5.41) is 0. The first kappa shape index (κ1) is 15.3. The molecule has 0 fully saturated rings. The van der Waals surface area contributed by atoms with Gasteiger partial charge in [-0.05, 0) is 19.1 Å². The van der Waals surface area contributed by atoms with E-state index in [2.05, 4.69) is 14.7 Å². The van der Waals surface area contributed by atoms with Crippen molar-refractivity contribution in [2.45, 2.75) is 30.9 Å². The number of amidine groups is 1. The van der Waals surface area contributed by atoms with Crippen molar-refractivity contribution in [3.05, 3.63) is 23.6 Å². The Morgan fingerprint density at radius 3 is 2.48 bits per heavy atom. The number of alkyl halides is 4. The smallest absolute Gasteiger partial charge is 0.428 e. The zero-order valence-corrected chi connectivity index (χ0v) is 10.7. The number of nitrogens with zero attached hydrogens (tertiary/aromatic N) is 2. The topological polar surface area (TPSA) is 86.5 Å². The van der Waals surface area contributed by atoms with E-state index >= 15 is 0 Å². The Morgan fingerprint density at radius 2 is 1.90 bits per heavy atom. The van der Waals surface area contributed by atoms with Crippen LogP contribution in [0.4, 0.5) is 27.8 Å². The lowest BCUT2D eigenvalue weighted by atomic mass is 9.87. The minimum absolute atomic E-state index is 0.191. The van der Waals surface area contributed by atoms with E-state index in [9.17, 15) is 22.0 Å². The first-order valence-electron chi connectivity index (χ1n) is 5.71. The second-order valence-electron chi connectivity index (χ2n) is 4.65. The fraction of sp³-hybridized carbons (Fsp3) is 0.455. The fourth-order valence-electron chi connectivity index (χ4n) is 2.03. The van der Waals surface area contributed by atoms with Crippen molar-refractivity contribution in [1.29, 1.82) is 0 Å². The third-order valence-electron chi connectivity index (χ3n) is 3.06. The largest absolute Gasteiger partial charge is 0.449 e. The van der Waals surface area contributed by atoms with Crippen LogP contribution in [-0.4, -0.2) is 29.5 Å². The molecule has 2 heterocycles. The average molecular weight is 310 g/mol. The summed E-state index contributed by atoms with van der Waals surface area (Å²) in [6.07, 6.45) is -10.7. The number of anilines is 1. The Kier molecular flexibility index (Phi) is 3.42. The summed E-state index contributed by atoms with van der Waals surface area (Å²) in [6.45, 7) is 0.941. The second kappa shape index (κ2) is 4.71. The number of ether oxygens (including phenoxy) is 1. The van der Waals surface area contributed by atoms with Gasteiger partial charge in [0.25, 0.3) is 6.02 Å². The molecular formula is C11H11F5N4O. The molecule has 1 aromatic heterocycles. The summed E-state index contributed by atoms with van der Waals surface area (Å²) in [5.74, 6) is -1.24. The van der Waals surface area contributed by atoms with Crippen LogP contribution in [0.3, 0.4) is 0 Å². The summed E-state index contributed by atoms with van der Waals surface area (Å²) in [4.78, 5) is 7.02. The second-order valence-corrected chi connectivity index (χ2v) is 4.65. The minimum Gasteiger partial charge on any atom is -0.449 e. The first-order chi connectivity index (χ1) is 9.55. The molecule has 0 saturated carbocycles. The number of rotatable bonds is 1. The SMILES string of the molecule is C[C@]1(c2nc(N)ccc2F)N=C(N)O[C@H](C(F)(F)F)[C@@H]1F. The zero-order chi connectivity index (χ0) is 16.0. The van der Waals surface area contributed by atoms with E-state index in [0.717, 1.165) is 19.1 Å². The zero-order valence-electron chi connectivity index (χ0n) is 10.7. The molecule has 1 aromatic rings. The van der Waals surface area contributed by atoms with Crippen LogP contribution in [0.1, 0.15) is 12.6 Å². The van der Waals surface area contributed by atoms with E-state index in [1.807, 2.05) is 0 Å². The number of hydrogen-bond donors (Lipinski definition) is 2. The molecule has 4 N–H and O–H groups in total. The van der Waals surface area contributed by atoms with Gasteiger partial charge in [0.2, 0.25) is 6.10 Å². The molecule has 10 heteroatoms. The van der Waals surface area contributed by atoms with Crippen LogP contribution in [0.25, 0.3) is 0 Å². The van der Waals surface area contributed by atoms with Crippen LogP contribution in [0.5, 0.6) is 0 Å². The Bertz CT molecular complexity index is 590. The predicted octanol–water partition coefficient (Wildman–Crippen LogP) is 1.63. The van der Waals surface area contributed by atoms with Crippen molar-refractivity contribution in [1.82, 2.24) is 4.98 Å². The number of aliphatic imine (C=N–C) groups is 1. The lowest BCUT2D eigenvalue weighted by molar-refractivity contribution is -0.227. The summed E-state index contributed by atoms with van der Waals surface area (Å²) >= 11 is 0. The Hall–Kier alpha value is -2.13. The van der Waals surface area contributed by atoms with Crippen LogP contribution in [0.15, 0.2) is 17.1 Å². The molecule has 0 amide bonds. The molecule has 0 radical (unpaired) electrons. The Morgan fingerprint density at radius 1 is 1.29 bits per heavy atom. The van der Waals surface area contributed by atoms with Gasteiger partial charge in [0.05, 0.1) is 0 Å². The molecule has 3 atom stereocenters. The van der Waals surface area contributed by atoms with Gasteiger partial charge < -0.3 is 16.2 Å². The number of pyridine rings is 1. The molecule has 1 aliphatic rings. The van der Waals surface area contributed by atoms with Crippen LogP contribution in [0, 0.1) is 5.82 Å². The predicted molar refractivity (Wildman–Crippen MR) is 63.4 cm³/mol. The van der Waals surface area contributed by atoms with Gasteiger partial charge in [-0.1, -0.05) is 0 Å². The maximum Gasteiger partial charge on any atom is 0.428 e. The van der Waals surface area contributed by atoms with Gasteiger partial charge in [0.15, 0.2) is 6.17 Å². The molecule has 2 rings (SSSR count). The first-order valence-corrected chi connectivity index (χ1v) is 5.71. The normalized spacial score (nSPS) is 29.7. The monoisotopic (exact) mass is 310 g/mol. The molecule has 21 heavy (non-hydrogen) atoms. The van der Waals surface area contributed by atoms with Gasteiger partial charge in [-0.25, -0.2) is 18.8 Å². The standard InChI is InChI=1S/C11H11F5N4O/c1-10(7-4(12)2-3-5(17)19-7)6(13)8(11(14,15)16)21-9(18)20-10/h2-3,6,8H,1H3,(H2,17,19)(H2,18,20)/t6-,8-,10-/m0/s1. The van der Waals surface area contributed by atoms with Gasteiger partial charge >= 0.3 is 6.18 Å². The van der Waals surface area contributed by atoms with Crippen LogP contribution in [0.2, 0.25) is 0 Å². The van der Waals surface area contributed by atoms with E-state index in [-0.39, 0.29) is 5.82 Å². The lowest BCUT2D eigenvalue weighted by Gasteiger charge is -2.38. The van der Waals surface area contributed by atoms with Gasteiger partial charge in [-0.15, -0.1) is 0 Å². The van der Waals surface area contributed by atoms with Crippen molar-refractivity contribution in [2.24, 2.45) is 10.7 Å². The molecule has 5 nitrogen and oxygen atoms in total.